The Labute approximate surface area is 186 Å². The normalized spacial score (nSPS) is 23.4. The molecule has 2 aliphatic carbocycles. The molecule has 2 fully saturated rings. The second-order valence-corrected chi connectivity index (χ2v) is 10.2. The molecular formula is C25H29N3O2S. The monoisotopic (exact) mass is 435 g/mol. The molecule has 2 saturated carbocycles. The number of thiophene rings is 1. The first-order valence-corrected chi connectivity index (χ1v) is 12.2. The zero-order chi connectivity index (χ0) is 21.5. The van der Waals surface area contributed by atoms with Crippen LogP contribution in [0.25, 0.3) is 21.3 Å². The van der Waals surface area contributed by atoms with E-state index in [9.17, 15) is 9.59 Å². The fraction of sp³-hybridized carbons (Fsp3) is 0.480. The molecule has 2 aromatic heterocycles. The number of rotatable bonds is 6. The highest BCUT2D eigenvalue weighted by Gasteiger charge is 2.42. The summed E-state index contributed by atoms with van der Waals surface area (Å²) in [7, 11) is 0. The van der Waals surface area contributed by atoms with Crippen molar-refractivity contribution in [3.8, 4) is 11.1 Å². The Balaban J connectivity index is 1.29. The second-order valence-electron chi connectivity index (χ2n) is 9.38. The summed E-state index contributed by atoms with van der Waals surface area (Å²) in [6.07, 6.45) is 7.16. The molecule has 2 aliphatic rings. The van der Waals surface area contributed by atoms with Crippen LogP contribution < -0.4 is 10.9 Å². The van der Waals surface area contributed by atoms with Gasteiger partial charge in [-0.05, 0) is 56.4 Å². The predicted molar refractivity (Wildman–Crippen MR) is 125 cm³/mol. The molecule has 1 aromatic carbocycles. The molecule has 6 heteroatoms. The fourth-order valence-corrected chi connectivity index (χ4v) is 6.54. The SMILES string of the molecule is Cc1ccc(-c2csc3ncn(CCC(=O)NC(C)C4CC5CCC4C5)c(=O)c23)cc1. The van der Waals surface area contributed by atoms with E-state index in [0.717, 1.165) is 27.8 Å². The summed E-state index contributed by atoms with van der Waals surface area (Å²) in [5, 5.41) is 5.84. The van der Waals surface area contributed by atoms with Gasteiger partial charge in [0.2, 0.25) is 5.91 Å². The van der Waals surface area contributed by atoms with E-state index in [2.05, 4.69) is 29.4 Å². The maximum absolute atomic E-state index is 13.2. The highest BCUT2D eigenvalue weighted by atomic mass is 32.1. The number of aromatic nitrogens is 2. The minimum Gasteiger partial charge on any atom is -0.353 e. The van der Waals surface area contributed by atoms with Crippen molar-refractivity contribution in [2.75, 3.05) is 0 Å². The first-order valence-electron chi connectivity index (χ1n) is 11.3. The Morgan fingerprint density at radius 3 is 2.77 bits per heavy atom. The van der Waals surface area contributed by atoms with Crippen molar-refractivity contribution in [2.45, 2.75) is 58.5 Å². The van der Waals surface area contributed by atoms with Gasteiger partial charge < -0.3 is 5.32 Å². The second kappa shape index (κ2) is 8.23. The van der Waals surface area contributed by atoms with Crippen molar-refractivity contribution >= 4 is 27.5 Å². The van der Waals surface area contributed by atoms with Gasteiger partial charge in [0.25, 0.3) is 5.56 Å². The summed E-state index contributed by atoms with van der Waals surface area (Å²) in [6.45, 7) is 4.54. The summed E-state index contributed by atoms with van der Waals surface area (Å²) < 4.78 is 1.58. The largest absolute Gasteiger partial charge is 0.353 e. The molecular weight excluding hydrogens is 406 g/mol. The average Bonchev–Trinajstić information content (AvgIpc) is 3.49. The lowest BCUT2D eigenvalue weighted by Gasteiger charge is -2.28. The minimum atomic E-state index is -0.0734. The molecule has 0 radical (unpaired) electrons. The molecule has 31 heavy (non-hydrogen) atoms. The molecule has 2 heterocycles. The van der Waals surface area contributed by atoms with Crippen molar-refractivity contribution in [1.82, 2.24) is 14.9 Å². The predicted octanol–water partition coefficient (Wildman–Crippen LogP) is 4.76. The quantitative estimate of drug-likeness (QED) is 0.607. The number of carbonyl (C=O) groups excluding carboxylic acids is 1. The fourth-order valence-electron chi connectivity index (χ4n) is 5.63. The number of hydrogen-bond acceptors (Lipinski definition) is 4. The molecule has 1 N–H and O–H groups in total. The zero-order valence-electron chi connectivity index (χ0n) is 18.1. The minimum absolute atomic E-state index is 0.0198. The lowest BCUT2D eigenvalue weighted by molar-refractivity contribution is -0.122. The van der Waals surface area contributed by atoms with Crippen LogP contribution in [0.3, 0.4) is 0 Å². The maximum Gasteiger partial charge on any atom is 0.262 e. The zero-order valence-corrected chi connectivity index (χ0v) is 19.0. The van der Waals surface area contributed by atoms with Gasteiger partial charge in [-0.15, -0.1) is 11.3 Å². The first kappa shape index (κ1) is 20.4. The van der Waals surface area contributed by atoms with Gasteiger partial charge in [-0.1, -0.05) is 36.2 Å². The van der Waals surface area contributed by atoms with Crippen LogP contribution in [0.4, 0.5) is 0 Å². The molecule has 5 nitrogen and oxygen atoms in total. The lowest BCUT2D eigenvalue weighted by Crippen LogP contribution is -2.40. The number of hydrogen-bond donors (Lipinski definition) is 1. The van der Waals surface area contributed by atoms with Crippen LogP contribution in [0.1, 0.15) is 44.6 Å². The van der Waals surface area contributed by atoms with Gasteiger partial charge in [-0.25, -0.2) is 4.98 Å². The molecule has 3 aromatic rings. The van der Waals surface area contributed by atoms with E-state index in [0.29, 0.717) is 24.3 Å². The summed E-state index contributed by atoms with van der Waals surface area (Å²) in [4.78, 5) is 31.0. The first-order chi connectivity index (χ1) is 15.0. The van der Waals surface area contributed by atoms with Gasteiger partial charge >= 0.3 is 0 Å². The van der Waals surface area contributed by atoms with E-state index in [1.54, 1.807) is 10.9 Å². The van der Waals surface area contributed by atoms with E-state index in [-0.39, 0.29) is 17.5 Å². The van der Waals surface area contributed by atoms with Gasteiger partial charge in [-0.3, -0.25) is 14.2 Å². The summed E-state index contributed by atoms with van der Waals surface area (Å²) in [5.74, 6) is 2.30. The van der Waals surface area contributed by atoms with Gasteiger partial charge in [0.15, 0.2) is 0 Å². The number of carbonyl (C=O) groups is 1. The molecule has 4 unspecified atom stereocenters. The van der Waals surface area contributed by atoms with Gasteiger partial charge in [0, 0.05) is 30.0 Å². The number of benzene rings is 1. The number of aryl methyl sites for hydroxylation is 2. The van der Waals surface area contributed by atoms with E-state index in [1.807, 2.05) is 24.4 Å². The van der Waals surface area contributed by atoms with Crippen molar-refractivity contribution < 1.29 is 4.79 Å². The standard InChI is InChI=1S/C25H29N3O2S/c1-15-3-6-18(7-4-15)21-13-31-24-23(21)25(30)28(14-26-24)10-9-22(29)27-16(2)20-12-17-5-8-19(20)11-17/h3-4,6-7,13-14,16-17,19-20H,5,8-12H2,1-2H3,(H,27,29). The molecule has 0 saturated heterocycles. The molecule has 5 rings (SSSR count). The third-order valence-electron chi connectivity index (χ3n) is 7.33. The molecule has 4 atom stereocenters. The Bertz CT molecular complexity index is 1160. The molecule has 0 aliphatic heterocycles. The van der Waals surface area contributed by atoms with Gasteiger partial charge in [-0.2, -0.15) is 0 Å². The van der Waals surface area contributed by atoms with Crippen LogP contribution in [-0.2, 0) is 11.3 Å². The molecule has 0 spiro atoms. The van der Waals surface area contributed by atoms with Crippen molar-refractivity contribution in [1.29, 1.82) is 0 Å². The topological polar surface area (TPSA) is 64.0 Å². The molecule has 162 valence electrons. The summed E-state index contributed by atoms with van der Waals surface area (Å²) in [6, 6.07) is 8.39. The maximum atomic E-state index is 13.2. The Kier molecular flexibility index (Phi) is 5.42. The number of nitrogens with one attached hydrogen (secondary N) is 1. The van der Waals surface area contributed by atoms with E-state index < -0.39 is 0 Å². The number of fused-ring (bicyclic) bond motifs is 3. The van der Waals surface area contributed by atoms with Gasteiger partial charge in [0.05, 0.1) is 11.7 Å². The van der Waals surface area contributed by atoms with E-state index in [4.69, 9.17) is 0 Å². The summed E-state index contributed by atoms with van der Waals surface area (Å²) in [5.41, 5.74) is 3.05. The summed E-state index contributed by atoms with van der Waals surface area (Å²) >= 11 is 1.48. The highest BCUT2D eigenvalue weighted by molar-refractivity contribution is 7.17. The van der Waals surface area contributed by atoms with Crippen molar-refractivity contribution in [2.24, 2.45) is 17.8 Å². The third-order valence-corrected chi connectivity index (χ3v) is 8.21. The molecule has 1 amide bonds. The van der Waals surface area contributed by atoms with Crippen LogP contribution in [0.2, 0.25) is 0 Å². The third kappa shape index (κ3) is 3.93. The smallest absolute Gasteiger partial charge is 0.262 e. The number of nitrogens with zero attached hydrogens (tertiary/aromatic N) is 2. The van der Waals surface area contributed by atoms with Crippen LogP contribution >= 0.6 is 11.3 Å². The number of amides is 1. The highest BCUT2D eigenvalue weighted by Crippen LogP contribution is 2.49. The Morgan fingerprint density at radius 1 is 1.26 bits per heavy atom. The Morgan fingerprint density at radius 2 is 2.06 bits per heavy atom. The van der Waals surface area contributed by atoms with E-state index >= 15 is 0 Å². The van der Waals surface area contributed by atoms with Crippen molar-refractivity contribution in [3.05, 3.63) is 51.9 Å². The van der Waals surface area contributed by atoms with Crippen molar-refractivity contribution in [3.63, 3.8) is 0 Å². The lowest BCUT2D eigenvalue weighted by atomic mass is 9.84. The van der Waals surface area contributed by atoms with Crippen LogP contribution in [-0.4, -0.2) is 21.5 Å². The van der Waals surface area contributed by atoms with Crippen LogP contribution in [0, 0.1) is 24.7 Å². The van der Waals surface area contributed by atoms with Crippen LogP contribution in [0.15, 0.2) is 40.8 Å². The van der Waals surface area contributed by atoms with E-state index in [1.165, 1.54) is 42.6 Å². The van der Waals surface area contributed by atoms with Gasteiger partial charge in [0.1, 0.15) is 4.83 Å². The Hall–Kier alpha value is -2.47. The average molecular weight is 436 g/mol. The van der Waals surface area contributed by atoms with Crippen LogP contribution in [0.5, 0.6) is 0 Å². The molecule has 2 bridgehead atoms.